The van der Waals surface area contributed by atoms with E-state index in [0.29, 0.717) is 24.9 Å². The molecule has 2 unspecified atom stereocenters. The third-order valence-electron chi connectivity index (χ3n) is 2.83. The minimum absolute atomic E-state index is 0.0291. The van der Waals surface area contributed by atoms with E-state index in [1.807, 2.05) is 11.8 Å². The summed E-state index contributed by atoms with van der Waals surface area (Å²) in [5.41, 5.74) is 5.56. The molecule has 0 aromatic heterocycles. The Morgan fingerprint density at radius 3 is 2.79 bits per heavy atom. The Labute approximate surface area is 84.4 Å². The van der Waals surface area contributed by atoms with Crippen LogP contribution in [0.25, 0.3) is 0 Å². The summed E-state index contributed by atoms with van der Waals surface area (Å²) in [5.74, 6) is 0.609. The second-order valence-electron chi connectivity index (χ2n) is 4.32. The van der Waals surface area contributed by atoms with Crippen molar-refractivity contribution in [2.75, 3.05) is 19.6 Å². The molecular formula is C10H18N2O2. The normalized spacial score (nSPS) is 33.1. The number of amides is 1. The molecular weight excluding hydrogens is 180 g/mol. The van der Waals surface area contributed by atoms with Crippen molar-refractivity contribution in [1.82, 2.24) is 4.90 Å². The first-order chi connectivity index (χ1) is 6.70. The molecule has 1 aliphatic carbocycles. The molecule has 1 saturated heterocycles. The zero-order chi connectivity index (χ0) is 10.1. The van der Waals surface area contributed by atoms with Crippen molar-refractivity contribution in [3.8, 4) is 0 Å². The summed E-state index contributed by atoms with van der Waals surface area (Å²) in [5, 5.41) is 0. The van der Waals surface area contributed by atoms with E-state index in [4.69, 9.17) is 10.5 Å². The van der Waals surface area contributed by atoms with Gasteiger partial charge in [0.15, 0.2) is 0 Å². The van der Waals surface area contributed by atoms with E-state index >= 15 is 0 Å². The monoisotopic (exact) mass is 198 g/mol. The molecule has 2 aliphatic rings. The van der Waals surface area contributed by atoms with Crippen molar-refractivity contribution in [2.45, 2.75) is 32.0 Å². The quantitative estimate of drug-likeness (QED) is 0.678. The van der Waals surface area contributed by atoms with Crippen LogP contribution in [0.4, 0.5) is 0 Å². The van der Waals surface area contributed by atoms with Crippen LogP contribution in [0.5, 0.6) is 0 Å². The van der Waals surface area contributed by atoms with E-state index in [0.717, 1.165) is 19.4 Å². The van der Waals surface area contributed by atoms with Crippen molar-refractivity contribution in [1.29, 1.82) is 0 Å². The highest BCUT2D eigenvalue weighted by atomic mass is 16.5. The predicted molar refractivity (Wildman–Crippen MR) is 52.7 cm³/mol. The fourth-order valence-corrected chi connectivity index (χ4v) is 1.94. The van der Waals surface area contributed by atoms with Gasteiger partial charge in [-0.2, -0.15) is 0 Å². The zero-order valence-electron chi connectivity index (χ0n) is 8.61. The van der Waals surface area contributed by atoms with Gasteiger partial charge in [-0.15, -0.1) is 0 Å². The topological polar surface area (TPSA) is 55.6 Å². The number of hydrogen-bond donors (Lipinski definition) is 1. The van der Waals surface area contributed by atoms with Gasteiger partial charge in [0.1, 0.15) is 0 Å². The second-order valence-corrected chi connectivity index (χ2v) is 4.32. The number of nitrogens with zero attached hydrogens (tertiary/aromatic N) is 1. The van der Waals surface area contributed by atoms with Crippen LogP contribution in [0.2, 0.25) is 0 Å². The van der Waals surface area contributed by atoms with Crippen LogP contribution in [0.3, 0.4) is 0 Å². The molecule has 0 spiro atoms. The van der Waals surface area contributed by atoms with Crippen LogP contribution in [0, 0.1) is 5.92 Å². The molecule has 2 atom stereocenters. The van der Waals surface area contributed by atoms with Gasteiger partial charge >= 0.3 is 0 Å². The van der Waals surface area contributed by atoms with Crippen LogP contribution in [0.1, 0.15) is 19.8 Å². The van der Waals surface area contributed by atoms with Gasteiger partial charge in [0.25, 0.3) is 0 Å². The van der Waals surface area contributed by atoms with Crippen molar-refractivity contribution in [3.63, 3.8) is 0 Å². The predicted octanol–water partition coefficient (Wildman–Crippen LogP) is -0.0290. The second kappa shape index (κ2) is 3.87. The van der Waals surface area contributed by atoms with Crippen molar-refractivity contribution in [2.24, 2.45) is 11.7 Å². The Kier molecular flexibility index (Phi) is 2.74. The molecule has 4 nitrogen and oxygen atoms in total. The lowest BCUT2D eigenvalue weighted by Gasteiger charge is -2.36. The highest BCUT2D eigenvalue weighted by Crippen LogP contribution is 2.31. The summed E-state index contributed by atoms with van der Waals surface area (Å²) in [6.07, 6.45) is 2.29. The molecule has 14 heavy (non-hydrogen) atoms. The van der Waals surface area contributed by atoms with Crippen molar-refractivity contribution in [3.05, 3.63) is 0 Å². The molecule has 0 aromatic carbocycles. The molecule has 0 radical (unpaired) electrons. The molecule has 1 amide bonds. The largest absolute Gasteiger partial charge is 0.370 e. The van der Waals surface area contributed by atoms with Gasteiger partial charge in [0.05, 0.1) is 12.2 Å². The lowest BCUT2D eigenvalue weighted by atomic mass is 10.2. The Bertz CT molecular complexity index is 228. The highest BCUT2D eigenvalue weighted by molar-refractivity contribution is 5.81. The van der Waals surface area contributed by atoms with Gasteiger partial charge in [0, 0.05) is 25.6 Å². The van der Waals surface area contributed by atoms with Gasteiger partial charge in [-0.3, -0.25) is 4.79 Å². The van der Waals surface area contributed by atoms with Gasteiger partial charge < -0.3 is 15.4 Å². The average Bonchev–Trinajstić information content (AvgIpc) is 2.99. The van der Waals surface area contributed by atoms with Crippen molar-refractivity contribution < 1.29 is 9.53 Å². The first-order valence-corrected chi connectivity index (χ1v) is 5.35. The maximum absolute atomic E-state index is 11.8. The van der Waals surface area contributed by atoms with Crippen LogP contribution in [-0.4, -0.2) is 42.6 Å². The van der Waals surface area contributed by atoms with E-state index < -0.39 is 0 Å². The highest BCUT2D eigenvalue weighted by Gasteiger charge is 2.36. The van der Waals surface area contributed by atoms with E-state index in [-0.39, 0.29) is 12.2 Å². The number of carbonyl (C=O) groups is 1. The van der Waals surface area contributed by atoms with Crippen LogP contribution in [0.15, 0.2) is 0 Å². The molecule has 2 fully saturated rings. The SMILES string of the molecule is CC1CN(C(=O)C2CC2)CC(CN)O1. The third kappa shape index (κ3) is 2.07. The van der Waals surface area contributed by atoms with Gasteiger partial charge in [0.2, 0.25) is 5.91 Å². The van der Waals surface area contributed by atoms with Gasteiger partial charge in [-0.1, -0.05) is 0 Å². The summed E-state index contributed by atoms with van der Waals surface area (Å²) in [4.78, 5) is 13.7. The molecule has 2 rings (SSSR count). The minimum atomic E-state index is 0.0291. The summed E-state index contributed by atoms with van der Waals surface area (Å²) in [7, 11) is 0. The summed E-state index contributed by atoms with van der Waals surface area (Å²) >= 11 is 0. The van der Waals surface area contributed by atoms with Crippen LogP contribution in [-0.2, 0) is 9.53 Å². The van der Waals surface area contributed by atoms with E-state index in [2.05, 4.69) is 0 Å². The number of morpholine rings is 1. The standard InChI is InChI=1S/C10H18N2O2/c1-7-5-12(6-9(4-11)14-7)10(13)8-2-3-8/h7-9H,2-6,11H2,1H3. The fourth-order valence-electron chi connectivity index (χ4n) is 1.94. The van der Waals surface area contributed by atoms with Crippen molar-refractivity contribution >= 4 is 5.91 Å². The van der Waals surface area contributed by atoms with Crippen LogP contribution >= 0.6 is 0 Å². The Hall–Kier alpha value is -0.610. The first kappa shape index (κ1) is 9.93. The molecule has 80 valence electrons. The average molecular weight is 198 g/mol. The summed E-state index contributed by atoms with van der Waals surface area (Å²) < 4.78 is 5.60. The maximum Gasteiger partial charge on any atom is 0.225 e. The molecule has 4 heteroatoms. The van der Waals surface area contributed by atoms with E-state index in [1.165, 1.54) is 0 Å². The number of carbonyl (C=O) groups excluding carboxylic acids is 1. The Morgan fingerprint density at radius 2 is 2.21 bits per heavy atom. The van der Waals surface area contributed by atoms with Crippen LogP contribution < -0.4 is 5.73 Å². The Morgan fingerprint density at radius 1 is 1.50 bits per heavy atom. The molecule has 1 aliphatic heterocycles. The Balaban J connectivity index is 1.93. The summed E-state index contributed by atoms with van der Waals surface area (Å²) in [6.45, 7) is 3.90. The van der Waals surface area contributed by atoms with Gasteiger partial charge in [-0.25, -0.2) is 0 Å². The lowest BCUT2D eigenvalue weighted by molar-refractivity contribution is -0.145. The lowest BCUT2D eigenvalue weighted by Crippen LogP contribution is -2.51. The molecule has 0 bridgehead atoms. The molecule has 0 aromatic rings. The number of hydrogen-bond acceptors (Lipinski definition) is 3. The maximum atomic E-state index is 11.8. The summed E-state index contributed by atoms with van der Waals surface area (Å²) in [6, 6.07) is 0. The smallest absolute Gasteiger partial charge is 0.225 e. The fraction of sp³-hybridized carbons (Fsp3) is 0.900. The van der Waals surface area contributed by atoms with E-state index in [1.54, 1.807) is 0 Å². The number of rotatable bonds is 2. The molecule has 2 N–H and O–H groups in total. The minimum Gasteiger partial charge on any atom is -0.370 e. The molecule has 1 saturated carbocycles. The first-order valence-electron chi connectivity index (χ1n) is 5.35. The van der Waals surface area contributed by atoms with E-state index in [9.17, 15) is 4.79 Å². The molecule has 1 heterocycles. The number of nitrogens with two attached hydrogens (primary N) is 1. The van der Waals surface area contributed by atoms with Gasteiger partial charge in [-0.05, 0) is 19.8 Å². The third-order valence-corrected chi connectivity index (χ3v) is 2.83. The zero-order valence-corrected chi connectivity index (χ0v) is 8.61. The number of ether oxygens (including phenoxy) is 1.